The van der Waals surface area contributed by atoms with Crippen LogP contribution in [0.2, 0.25) is 0 Å². The van der Waals surface area contributed by atoms with Gasteiger partial charge in [-0.3, -0.25) is 0 Å². The zero-order chi connectivity index (χ0) is 17.9. The van der Waals surface area contributed by atoms with Crippen molar-refractivity contribution in [2.45, 2.75) is 24.9 Å². The van der Waals surface area contributed by atoms with Crippen molar-refractivity contribution >= 4 is 17.7 Å². The van der Waals surface area contributed by atoms with E-state index in [1.165, 1.54) is 22.5 Å². The van der Waals surface area contributed by atoms with Crippen molar-refractivity contribution in [1.82, 2.24) is 9.78 Å². The summed E-state index contributed by atoms with van der Waals surface area (Å²) < 4.78 is 44.5. The lowest BCUT2D eigenvalue weighted by molar-refractivity contribution is -0.137. The maximum Gasteiger partial charge on any atom is 0.416 e. The number of thioether (sulfide) groups is 1. The molecule has 1 heterocycles. The molecule has 1 aromatic carbocycles. The number of esters is 1. The highest BCUT2D eigenvalue weighted by Gasteiger charge is 2.31. The van der Waals surface area contributed by atoms with Gasteiger partial charge >= 0.3 is 12.1 Å². The van der Waals surface area contributed by atoms with Gasteiger partial charge in [0, 0.05) is 4.90 Å². The van der Waals surface area contributed by atoms with E-state index in [2.05, 4.69) is 5.10 Å². The number of halogens is 3. The van der Waals surface area contributed by atoms with Crippen molar-refractivity contribution < 1.29 is 27.8 Å². The first-order valence-electron chi connectivity index (χ1n) is 7.08. The Kier molecular flexibility index (Phi) is 5.43. The van der Waals surface area contributed by atoms with Gasteiger partial charge < -0.3 is 9.84 Å². The van der Waals surface area contributed by atoms with E-state index >= 15 is 0 Å². The molecule has 5 nitrogen and oxygen atoms in total. The Bertz CT molecular complexity index is 744. The summed E-state index contributed by atoms with van der Waals surface area (Å²) in [6.45, 7) is 3.53. The SMILES string of the molecule is CCOC(=O)c1nn(-c2ccc(C(F)(F)F)cc2SCC)cc1O. The number of carbonyl (C=O) groups excluding carboxylic acids is 1. The number of hydrogen-bond donors (Lipinski definition) is 1. The summed E-state index contributed by atoms with van der Waals surface area (Å²) in [5.74, 6) is -0.655. The third kappa shape index (κ3) is 3.84. The molecule has 0 saturated heterocycles. The first-order valence-corrected chi connectivity index (χ1v) is 8.06. The van der Waals surface area contributed by atoms with Crippen LogP contribution in [0.4, 0.5) is 13.2 Å². The third-order valence-electron chi connectivity index (χ3n) is 3.00. The molecule has 0 amide bonds. The lowest BCUT2D eigenvalue weighted by Crippen LogP contribution is -2.08. The van der Waals surface area contributed by atoms with Crippen molar-refractivity contribution in [1.29, 1.82) is 0 Å². The maximum atomic E-state index is 12.9. The lowest BCUT2D eigenvalue weighted by atomic mass is 10.2. The number of nitrogens with zero attached hydrogens (tertiary/aromatic N) is 2. The topological polar surface area (TPSA) is 64.3 Å². The van der Waals surface area contributed by atoms with E-state index in [9.17, 15) is 23.1 Å². The van der Waals surface area contributed by atoms with Gasteiger partial charge in [0.2, 0.25) is 5.69 Å². The van der Waals surface area contributed by atoms with Crippen LogP contribution in [-0.2, 0) is 10.9 Å². The summed E-state index contributed by atoms with van der Waals surface area (Å²) >= 11 is 1.20. The number of carbonyl (C=O) groups is 1. The summed E-state index contributed by atoms with van der Waals surface area (Å²) in [6, 6.07) is 3.20. The predicted molar refractivity (Wildman–Crippen MR) is 82.6 cm³/mol. The average Bonchev–Trinajstić information content (AvgIpc) is 2.88. The first kappa shape index (κ1) is 18.2. The summed E-state index contributed by atoms with van der Waals surface area (Å²) in [4.78, 5) is 12.0. The number of aromatic nitrogens is 2. The molecule has 1 N–H and O–H groups in total. The Balaban J connectivity index is 2.48. The van der Waals surface area contributed by atoms with Crippen LogP contribution < -0.4 is 0 Å². The predicted octanol–water partition coefficient (Wildman–Crippen LogP) is 3.89. The van der Waals surface area contributed by atoms with Crippen LogP contribution in [0.3, 0.4) is 0 Å². The minimum atomic E-state index is -4.45. The van der Waals surface area contributed by atoms with E-state index in [1.54, 1.807) is 13.8 Å². The van der Waals surface area contributed by atoms with Gasteiger partial charge in [-0.25, -0.2) is 9.48 Å². The van der Waals surface area contributed by atoms with Crippen molar-refractivity contribution in [3.8, 4) is 11.4 Å². The van der Waals surface area contributed by atoms with E-state index in [1.807, 2.05) is 0 Å². The highest BCUT2D eigenvalue weighted by molar-refractivity contribution is 7.99. The summed E-state index contributed by atoms with van der Waals surface area (Å²) in [5.41, 5.74) is -0.728. The molecule has 0 fully saturated rings. The molecule has 0 saturated carbocycles. The second kappa shape index (κ2) is 7.16. The van der Waals surface area contributed by atoms with E-state index in [4.69, 9.17) is 4.74 Å². The number of alkyl halides is 3. The molecule has 2 rings (SSSR count). The quantitative estimate of drug-likeness (QED) is 0.647. The average molecular weight is 360 g/mol. The molecule has 9 heteroatoms. The van der Waals surface area contributed by atoms with Crippen LogP contribution in [0.5, 0.6) is 5.75 Å². The molecule has 0 aliphatic rings. The summed E-state index contributed by atoms with van der Waals surface area (Å²) in [5, 5.41) is 13.8. The minimum Gasteiger partial charge on any atom is -0.504 e. The molecule has 0 unspecified atom stereocenters. The Hall–Kier alpha value is -2.16. The smallest absolute Gasteiger partial charge is 0.416 e. The van der Waals surface area contributed by atoms with Crippen molar-refractivity contribution in [3.05, 3.63) is 35.7 Å². The Morgan fingerprint density at radius 3 is 2.67 bits per heavy atom. The van der Waals surface area contributed by atoms with E-state index in [0.29, 0.717) is 16.3 Å². The molecule has 0 radical (unpaired) electrons. The summed E-state index contributed by atoms with van der Waals surface area (Å²) in [7, 11) is 0. The van der Waals surface area contributed by atoms with E-state index in [0.717, 1.165) is 18.3 Å². The number of hydrogen-bond acceptors (Lipinski definition) is 5. The molecule has 0 atom stereocenters. The van der Waals surface area contributed by atoms with Crippen LogP contribution in [-0.4, -0.2) is 33.2 Å². The molecular weight excluding hydrogens is 345 g/mol. The maximum absolute atomic E-state index is 12.9. The molecule has 0 bridgehead atoms. The fourth-order valence-corrected chi connectivity index (χ4v) is 2.81. The molecule has 2 aromatic rings. The second-order valence-corrected chi connectivity index (χ2v) is 5.95. The van der Waals surface area contributed by atoms with Gasteiger partial charge in [0.25, 0.3) is 0 Å². The number of ether oxygens (including phenoxy) is 1. The van der Waals surface area contributed by atoms with Crippen molar-refractivity contribution in [3.63, 3.8) is 0 Å². The molecule has 1 aromatic heterocycles. The fourth-order valence-electron chi connectivity index (χ4n) is 1.98. The van der Waals surface area contributed by atoms with Crippen LogP contribution in [0, 0.1) is 0 Å². The normalized spacial score (nSPS) is 11.5. The molecule has 130 valence electrons. The molecule has 0 aliphatic heterocycles. The van der Waals surface area contributed by atoms with Crippen LogP contribution >= 0.6 is 11.8 Å². The van der Waals surface area contributed by atoms with Gasteiger partial charge in [-0.15, -0.1) is 11.8 Å². The second-order valence-electron chi connectivity index (χ2n) is 4.64. The lowest BCUT2D eigenvalue weighted by Gasteiger charge is -2.12. The molecular formula is C15H15F3N2O3S. The van der Waals surface area contributed by atoms with Gasteiger partial charge in [0.1, 0.15) is 0 Å². The Morgan fingerprint density at radius 2 is 2.08 bits per heavy atom. The third-order valence-corrected chi connectivity index (χ3v) is 3.92. The standard InChI is InChI=1S/C15H15F3N2O3S/c1-3-23-14(22)13-11(21)8-20(19-13)10-6-5-9(15(16,17)18)7-12(10)24-4-2/h5-8,21H,3-4H2,1-2H3. The van der Waals surface area contributed by atoms with Crippen LogP contribution in [0.15, 0.2) is 29.3 Å². The van der Waals surface area contributed by atoms with Crippen LogP contribution in [0.25, 0.3) is 5.69 Å². The molecule has 24 heavy (non-hydrogen) atoms. The number of rotatable bonds is 5. The van der Waals surface area contributed by atoms with E-state index in [-0.39, 0.29) is 12.3 Å². The van der Waals surface area contributed by atoms with Crippen molar-refractivity contribution in [2.75, 3.05) is 12.4 Å². The zero-order valence-electron chi connectivity index (χ0n) is 12.9. The first-order chi connectivity index (χ1) is 11.3. The zero-order valence-corrected chi connectivity index (χ0v) is 13.7. The molecule has 0 aliphatic carbocycles. The highest BCUT2D eigenvalue weighted by Crippen LogP contribution is 2.35. The largest absolute Gasteiger partial charge is 0.504 e. The highest BCUT2D eigenvalue weighted by atomic mass is 32.2. The Morgan fingerprint density at radius 1 is 1.38 bits per heavy atom. The van der Waals surface area contributed by atoms with Gasteiger partial charge in [0.15, 0.2) is 5.75 Å². The van der Waals surface area contributed by atoms with Gasteiger partial charge in [0.05, 0.1) is 24.1 Å². The van der Waals surface area contributed by atoms with Crippen LogP contribution in [0.1, 0.15) is 29.9 Å². The van der Waals surface area contributed by atoms with E-state index < -0.39 is 23.5 Å². The molecule has 0 spiro atoms. The number of benzene rings is 1. The van der Waals surface area contributed by atoms with Gasteiger partial charge in [-0.1, -0.05) is 6.92 Å². The monoisotopic (exact) mass is 360 g/mol. The summed E-state index contributed by atoms with van der Waals surface area (Å²) in [6.07, 6.45) is -3.29. The fraction of sp³-hybridized carbons (Fsp3) is 0.333. The van der Waals surface area contributed by atoms with Gasteiger partial charge in [-0.05, 0) is 30.9 Å². The Labute approximate surface area is 140 Å². The number of aromatic hydroxyl groups is 1. The minimum absolute atomic E-state index is 0.113. The van der Waals surface area contributed by atoms with Crippen molar-refractivity contribution in [2.24, 2.45) is 0 Å². The van der Waals surface area contributed by atoms with Gasteiger partial charge in [-0.2, -0.15) is 18.3 Å².